The Balaban J connectivity index is 2.26. The Hall–Kier alpha value is -2.18. The highest BCUT2D eigenvalue weighted by Crippen LogP contribution is 2.20. The topological polar surface area (TPSA) is 136 Å². The average molecular weight is 390 g/mol. The Morgan fingerprint density at radius 3 is 1.24 bits per heavy atom. The van der Waals surface area contributed by atoms with Gasteiger partial charge in [0.1, 0.15) is 11.5 Å². The summed E-state index contributed by atoms with van der Waals surface area (Å²) in [6.07, 6.45) is 0. The Morgan fingerprint density at radius 1 is 0.640 bits per heavy atom. The molecule has 2 aromatic carbocycles. The average Bonchev–Trinajstić information content (AvgIpc) is 2.53. The van der Waals surface area contributed by atoms with Crippen molar-refractivity contribution in [3.63, 3.8) is 0 Å². The van der Waals surface area contributed by atoms with Crippen molar-refractivity contribution in [3.8, 4) is 11.5 Å². The van der Waals surface area contributed by atoms with E-state index in [1.807, 2.05) is 0 Å². The summed E-state index contributed by atoms with van der Waals surface area (Å²) in [7, 11) is -10.0. The van der Waals surface area contributed by atoms with Gasteiger partial charge in [-0.3, -0.25) is 13.8 Å². The van der Waals surface area contributed by atoms with E-state index in [9.17, 15) is 25.9 Å². The number of para-hydroxylation sites is 2. The Labute approximate surface area is 144 Å². The molecule has 0 heterocycles. The lowest BCUT2D eigenvalue weighted by atomic mass is 10.3. The van der Waals surface area contributed by atoms with Crippen LogP contribution < -0.4 is 9.47 Å². The van der Waals surface area contributed by atoms with Crippen molar-refractivity contribution in [2.75, 3.05) is 0 Å². The van der Waals surface area contributed by atoms with E-state index in [4.69, 9.17) is 9.47 Å². The fraction of sp³-hybridized carbons (Fsp3) is 0.143. The van der Waals surface area contributed by atoms with Crippen molar-refractivity contribution in [1.82, 2.24) is 0 Å². The molecule has 0 aromatic heterocycles. The Kier molecular flexibility index (Phi) is 5.98. The van der Waals surface area contributed by atoms with Crippen LogP contribution in [0.1, 0.15) is 0 Å². The maximum atomic E-state index is 11.4. The van der Waals surface area contributed by atoms with Crippen molar-refractivity contribution in [2.45, 2.75) is 11.2 Å². The van der Waals surface area contributed by atoms with Crippen molar-refractivity contribution in [2.24, 2.45) is 0 Å². The van der Waals surface area contributed by atoms with Gasteiger partial charge in [-0.1, -0.05) is 36.4 Å². The highest BCUT2D eigenvalue weighted by Gasteiger charge is 2.37. The molecule has 136 valence electrons. The lowest BCUT2D eigenvalue weighted by Gasteiger charge is -2.22. The van der Waals surface area contributed by atoms with E-state index >= 15 is 0 Å². The third-order valence-corrected chi connectivity index (χ3v) is 4.05. The van der Waals surface area contributed by atoms with Gasteiger partial charge in [0.2, 0.25) is 0 Å². The molecule has 2 aromatic rings. The third-order valence-electron chi connectivity index (χ3n) is 2.66. The van der Waals surface area contributed by atoms with Crippen LogP contribution in [-0.4, -0.2) is 37.2 Å². The van der Waals surface area contributed by atoms with E-state index in [0.717, 1.165) is 0 Å². The van der Waals surface area contributed by atoms with Crippen molar-refractivity contribution in [1.29, 1.82) is 0 Å². The predicted molar refractivity (Wildman–Crippen MR) is 85.9 cm³/mol. The minimum atomic E-state index is -5.01. The van der Waals surface area contributed by atoms with Crippen LogP contribution in [-0.2, 0) is 25.0 Å². The number of rotatable bonds is 8. The van der Waals surface area contributed by atoms with Crippen LogP contribution >= 0.6 is 0 Å². The summed E-state index contributed by atoms with van der Waals surface area (Å²) in [6.45, 7) is 0. The van der Waals surface area contributed by atoms with E-state index in [-0.39, 0.29) is 11.5 Å². The zero-order valence-corrected chi connectivity index (χ0v) is 14.1. The first-order chi connectivity index (χ1) is 11.7. The fourth-order valence-corrected chi connectivity index (χ4v) is 2.65. The molecule has 0 saturated carbocycles. The highest BCUT2D eigenvalue weighted by molar-refractivity contribution is 7.86. The molecular formula is C14H14O9S2. The molecule has 2 rings (SSSR count). The summed E-state index contributed by atoms with van der Waals surface area (Å²) in [5, 5.41) is 0. The normalized spacial score (nSPS) is 14.5. The van der Waals surface area contributed by atoms with Crippen molar-refractivity contribution >= 4 is 20.2 Å². The van der Waals surface area contributed by atoms with Crippen LogP contribution in [0.25, 0.3) is 0 Å². The molecule has 0 amide bonds. The van der Waals surface area contributed by atoms with Gasteiger partial charge in [-0.05, 0) is 24.3 Å². The number of benzene rings is 2. The second-order valence-corrected chi connectivity index (χ2v) is 7.43. The molecule has 2 atom stereocenters. The van der Waals surface area contributed by atoms with Crippen LogP contribution in [0.5, 0.6) is 11.5 Å². The van der Waals surface area contributed by atoms with Gasteiger partial charge in [0.05, 0.1) is 0 Å². The zero-order valence-electron chi connectivity index (χ0n) is 12.5. The molecule has 25 heavy (non-hydrogen) atoms. The summed E-state index contributed by atoms with van der Waals surface area (Å²) >= 11 is 0. The van der Waals surface area contributed by atoms with E-state index in [0.29, 0.717) is 0 Å². The van der Waals surface area contributed by atoms with Crippen LogP contribution in [0.15, 0.2) is 60.7 Å². The third kappa shape index (κ3) is 5.99. The molecule has 0 aliphatic carbocycles. The molecule has 11 heteroatoms. The predicted octanol–water partition coefficient (Wildman–Crippen LogP) is 1.50. The quantitative estimate of drug-likeness (QED) is 0.507. The molecule has 0 radical (unpaired) electrons. The zero-order chi connectivity index (χ0) is 18.5. The van der Waals surface area contributed by atoms with E-state index in [1.165, 1.54) is 48.5 Å². The van der Waals surface area contributed by atoms with Gasteiger partial charge in [0, 0.05) is 0 Å². The summed E-state index contributed by atoms with van der Waals surface area (Å²) in [4.78, 5) is 0. The molecule has 0 fully saturated rings. The van der Waals surface area contributed by atoms with E-state index in [1.54, 1.807) is 12.1 Å². The molecule has 2 N–H and O–H groups in total. The van der Waals surface area contributed by atoms with E-state index < -0.39 is 31.5 Å². The first-order valence-electron chi connectivity index (χ1n) is 6.68. The van der Waals surface area contributed by atoms with Gasteiger partial charge in [0.15, 0.2) is 0 Å². The maximum absolute atomic E-state index is 11.4. The van der Waals surface area contributed by atoms with Gasteiger partial charge in [-0.15, -0.1) is 0 Å². The highest BCUT2D eigenvalue weighted by atomic mass is 32.2. The fourth-order valence-electron chi connectivity index (χ4n) is 1.63. The van der Waals surface area contributed by atoms with Gasteiger partial charge >= 0.3 is 31.5 Å². The Bertz CT molecular complexity index is 805. The number of hydrogen-bond donors (Lipinski definition) is 2. The maximum Gasteiger partial charge on any atom is 0.333 e. The van der Waals surface area contributed by atoms with Crippen molar-refractivity contribution in [3.05, 3.63) is 60.7 Å². The monoisotopic (exact) mass is 390 g/mol. The smallest absolute Gasteiger partial charge is 0.333 e. The second-order valence-electron chi connectivity index (χ2n) is 4.61. The van der Waals surface area contributed by atoms with E-state index in [2.05, 4.69) is 4.74 Å². The molecule has 9 nitrogen and oxygen atoms in total. The first-order valence-corrected chi connectivity index (χ1v) is 9.68. The first kappa shape index (κ1) is 19.1. The molecule has 0 aliphatic rings. The SMILES string of the molecule is O=S(=O)(O)C(Oc1ccccc1)OC(Oc1ccccc1)S(=O)(=O)O. The largest absolute Gasteiger partial charge is 0.449 e. The molecule has 0 bridgehead atoms. The summed E-state index contributed by atoms with van der Waals surface area (Å²) < 4.78 is 78.6. The van der Waals surface area contributed by atoms with Crippen LogP contribution in [0.3, 0.4) is 0 Å². The standard InChI is InChI=1S/C14H14O9S2/c15-24(16,17)13(21-11-7-3-1-4-8-11)23-14(25(18,19)20)22-12-9-5-2-6-10-12/h1-10,13-14H,(H,15,16,17)(H,18,19,20). The number of ether oxygens (including phenoxy) is 3. The lowest BCUT2D eigenvalue weighted by molar-refractivity contribution is -0.112. The van der Waals surface area contributed by atoms with Gasteiger partial charge < -0.3 is 9.47 Å². The molecule has 2 unspecified atom stereocenters. The molecule has 0 spiro atoms. The van der Waals surface area contributed by atoms with Crippen molar-refractivity contribution < 1.29 is 40.2 Å². The van der Waals surface area contributed by atoms with Gasteiger partial charge in [-0.2, -0.15) is 16.8 Å². The summed E-state index contributed by atoms with van der Waals surface area (Å²) in [5.41, 5.74) is -4.91. The van der Waals surface area contributed by atoms with Crippen LogP contribution in [0.4, 0.5) is 0 Å². The summed E-state index contributed by atoms with van der Waals surface area (Å²) in [5.74, 6) is -0.0575. The van der Waals surface area contributed by atoms with Gasteiger partial charge in [-0.25, -0.2) is 0 Å². The minimum Gasteiger partial charge on any atom is -0.449 e. The summed E-state index contributed by atoms with van der Waals surface area (Å²) in [6, 6.07) is 14.7. The van der Waals surface area contributed by atoms with Crippen LogP contribution in [0.2, 0.25) is 0 Å². The second kappa shape index (κ2) is 7.80. The van der Waals surface area contributed by atoms with Gasteiger partial charge in [0.25, 0.3) is 0 Å². The van der Waals surface area contributed by atoms with Crippen LogP contribution in [0, 0.1) is 0 Å². The molecular weight excluding hydrogens is 376 g/mol. The number of hydrogen-bond acceptors (Lipinski definition) is 7. The molecule has 0 aliphatic heterocycles. The minimum absolute atomic E-state index is 0.0288. The molecule has 0 saturated heterocycles. The Morgan fingerprint density at radius 2 is 0.960 bits per heavy atom. The lowest BCUT2D eigenvalue weighted by Crippen LogP contribution is -2.40.